The van der Waals surface area contributed by atoms with E-state index in [1.807, 2.05) is 12.4 Å². The Morgan fingerprint density at radius 3 is 2.32 bits per heavy atom. The Bertz CT molecular complexity index is 1370. The number of benzene rings is 1. The molecule has 1 saturated heterocycles. The van der Waals surface area contributed by atoms with Crippen molar-refractivity contribution in [2.45, 2.75) is 75.9 Å². The summed E-state index contributed by atoms with van der Waals surface area (Å²) >= 11 is 0. The third-order valence-electron chi connectivity index (χ3n) is 9.99. The minimum absolute atomic E-state index is 0.0739. The molecule has 1 aromatic carbocycles. The van der Waals surface area contributed by atoms with Crippen LogP contribution in [-0.2, 0) is 11.0 Å². The van der Waals surface area contributed by atoms with Gasteiger partial charge in [0, 0.05) is 54.0 Å². The normalized spacial score (nSPS) is 29.3. The van der Waals surface area contributed by atoms with Crippen LogP contribution < -0.4 is 0 Å². The zero-order chi connectivity index (χ0) is 26.5. The third-order valence-corrected chi connectivity index (χ3v) is 9.99. The quantitative estimate of drug-likeness (QED) is 0.464. The molecule has 38 heavy (non-hydrogen) atoms. The summed E-state index contributed by atoms with van der Waals surface area (Å²) in [5.74, 6) is 2.21. The van der Waals surface area contributed by atoms with Crippen LogP contribution in [0.3, 0.4) is 0 Å². The number of hydrogen-bond acceptors (Lipinski definition) is 6. The first-order chi connectivity index (χ1) is 18.1. The number of aromatic nitrogens is 4. The van der Waals surface area contributed by atoms with Crippen LogP contribution in [-0.4, -0.2) is 61.6 Å². The second-order valence-electron chi connectivity index (χ2n) is 13.6. The lowest BCUT2D eigenvalue weighted by Gasteiger charge is -2.69. The lowest BCUT2D eigenvalue weighted by atomic mass is 9.35. The van der Waals surface area contributed by atoms with E-state index in [-0.39, 0.29) is 22.9 Å². The summed E-state index contributed by atoms with van der Waals surface area (Å²) in [5.41, 5.74) is 2.45. The minimum Gasteiger partial charge on any atom is -0.396 e. The molecular weight excluding hydrogens is 474 g/mol. The lowest BCUT2D eigenvalue weighted by Crippen LogP contribution is -2.67. The van der Waals surface area contributed by atoms with E-state index >= 15 is 0 Å². The first kappa shape index (κ1) is 24.4. The van der Waals surface area contributed by atoms with Crippen LogP contribution in [0.2, 0.25) is 0 Å². The number of aliphatic hydroxyl groups is 2. The van der Waals surface area contributed by atoms with Gasteiger partial charge in [0.05, 0.1) is 6.04 Å². The summed E-state index contributed by atoms with van der Waals surface area (Å²) < 4.78 is 2.17. The molecule has 0 radical (unpaired) electrons. The van der Waals surface area contributed by atoms with Gasteiger partial charge in [-0.1, -0.05) is 45.0 Å². The fourth-order valence-corrected chi connectivity index (χ4v) is 7.89. The van der Waals surface area contributed by atoms with E-state index in [1.54, 1.807) is 0 Å². The number of hydrogen-bond donors (Lipinski definition) is 2. The van der Waals surface area contributed by atoms with Crippen LogP contribution in [0.5, 0.6) is 0 Å². The summed E-state index contributed by atoms with van der Waals surface area (Å²) in [5, 5.41) is 27.4. The van der Waals surface area contributed by atoms with E-state index in [1.165, 1.54) is 5.56 Å². The molecule has 4 saturated carbocycles. The fourth-order valence-electron chi connectivity index (χ4n) is 7.89. The maximum absolute atomic E-state index is 12.6. The zero-order valence-electron chi connectivity index (χ0n) is 23.0. The standard InChI is InChI=1S/C31H39N5O2/c1-20(2)21-5-7-23(8-6-21)31(38,28(3)17-35(4)18-28)24-11-22(12-32-13-24)26-33-27(36(34-26)25-9-10-25)30-14-29(15-30,16-30)19-37/h5-8,11-13,20,25,37-38H,9-10,14-19H2,1-4H3. The van der Waals surface area contributed by atoms with Crippen molar-refractivity contribution in [2.24, 2.45) is 10.8 Å². The Balaban J connectivity index is 1.29. The minimum atomic E-state index is -1.19. The Kier molecular flexibility index (Phi) is 5.12. The van der Waals surface area contributed by atoms with E-state index < -0.39 is 5.60 Å². The van der Waals surface area contributed by atoms with E-state index in [2.05, 4.69) is 72.7 Å². The molecule has 200 valence electrons. The Hall–Kier alpha value is -2.61. The molecule has 7 heteroatoms. The van der Waals surface area contributed by atoms with Gasteiger partial charge in [0.25, 0.3) is 0 Å². The molecule has 7 nitrogen and oxygen atoms in total. The van der Waals surface area contributed by atoms with Crippen LogP contribution in [0.4, 0.5) is 0 Å². The van der Waals surface area contributed by atoms with Crippen LogP contribution in [0.1, 0.15) is 87.3 Å². The predicted octanol–water partition coefficient (Wildman–Crippen LogP) is 4.40. The van der Waals surface area contributed by atoms with Gasteiger partial charge >= 0.3 is 0 Å². The molecule has 5 fully saturated rings. The number of pyridine rings is 1. The van der Waals surface area contributed by atoms with Crippen molar-refractivity contribution in [3.05, 3.63) is 65.2 Å². The van der Waals surface area contributed by atoms with Crippen molar-refractivity contribution in [3.8, 4) is 11.4 Å². The van der Waals surface area contributed by atoms with Gasteiger partial charge in [-0.25, -0.2) is 9.67 Å². The summed E-state index contributed by atoms with van der Waals surface area (Å²) in [6, 6.07) is 10.9. The van der Waals surface area contributed by atoms with Crippen molar-refractivity contribution in [3.63, 3.8) is 0 Å². The van der Waals surface area contributed by atoms with Crippen molar-refractivity contribution < 1.29 is 10.2 Å². The lowest BCUT2D eigenvalue weighted by molar-refractivity contribution is -0.173. The average molecular weight is 514 g/mol. The van der Waals surface area contributed by atoms with Gasteiger partial charge in [-0.2, -0.15) is 5.10 Å². The van der Waals surface area contributed by atoms with Crippen molar-refractivity contribution in [1.29, 1.82) is 0 Å². The Morgan fingerprint density at radius 1 is 1.05 bits per heavy atom. The van der Waals surface area contributed by atoms with E-state index in [0.717, 1.165) is 67.7 Å². The second kappa shape index (κ2) is 7.96. The first-order valence-electron chi connectivity index (χ1n) is 14.2. The smallest absolute Gasteiger partial charge is 0.182 e. The molecule has 3 heterocycles. The van der Waals surface area contributed by atoms with Gasteiger partial charge in [0.15, 0.2) is 5.82 Å². The molecule has 1 aliphatic heterocycles. The van der Waals surface area contributed by atoms with Gasteiger partial charge in [-0.05, 0) is 67.7 Å². The van der Waals surface area contributed by atoms with Crippen molar-refractivity contribution >= 4 is 0 Å². The summed E-state index contributed by atoms with van der Waals surface area (Å²) in [6.07, 6.45) is 8.97. The van der Waals surface area contributed by atoms with E-state index in [4.69, 9.17) is 10.1 Å². The maximum Gasteiger partial charge on any atom is 0.182 e. The highest BCUT2D eigenvalue weighted by molar-refractivity contribution is 5.57. The van der Waals surface area contributed by atoms with Crippen molar-refractivity contribution in [2.75, 3.05) is 26.7 Å². The molecule has 5 aliphatic rings. The highest BCUT2D eigenvalue weighted by atomic mass is 16.3. The molecule has 8 rings (SSSR count). The van der Waals surface area contributed by atoms with Gasteiger partial charge in [0.2, 0.25) is 0 Å². The topological polar surface area (TPSA) is 87.3 Å². The predicted molar refractivity (Wildman–Crippen MR) is 146 cm³/mol. The maximum atomic E-state index is 12.6. The third kappa shape index (κ3) is 3.34. The Morgan fingerprint density at radius 2 is 1.74 bits per heavy atom. The van der Waals surface area contributed by atoms with Crippen LogP contribution in [0.25, 0.3) is 11.4 Å². The summed E-state index contributed by atoms with van der Waals surface area (Å²) in [4.78, 5) is 12.0. The van der Waals surface area contributed by atoms with E-state index in [0.29, 0.717) is 17.8 Å². The number of likely N-dealkylation sites (tertiary alicyclic amines) is 1. The SMILES string of the molecule is CC(C)c1ccc(C(O)(c2cncc(-c3nc(C45CC(CO)(C4)C5)n(C4CC4)n3)c2)C2(C)CN(C)C2)cc1. The van der Waals surface area contributed by atoms with Gasteiger partial charge < -0.3 is 15.1 Å². The molecule has 1 unspecified atom stereocenters. The summed E-state index contributed by atoms with van der Waals surface area (Å²) in [7, 11) is 2.10. The second-order valence-corrected chi connectivity index (χ2v) is 13.6. The number of nitrogens with zero attached hydrogens (tertiary/aromatic N) is 5. The van der Waals surface area contributed by atoms with Gasteiger partial charge in [-0.3, -0.25) is 4.98 Å². The zero-order valence-corrected chi connectivity index (χ0v) is 23.0. The summed E-state index contributed by atoms with van der Waals surface area (Å²) in [6.45, 7) is 8.43. The molecule has 3 aromatic rings. The molecule has 4 aliphatic carbocycles. The van der Waals surface area contributed by atoms with Crippen LogP contribution >= 0.6 is 0 Å². The van der Waals surface area contributed by atoms with E-state index in [9.17, 15) is 10.2 Å². The first-order valence-corrected chi connectivity index (χ1v) is 14.2. The molecule has 2 aromatic heterocycles. The average Bonchev–Trinajstić information content (AvgIpc) is 3.60. The highest BCUT2D eigenvalue weighted by Crippen LogP contribution is 2.73. The molecule has 1 atom stereocenters. The van der Waals surface area contributed by atoms with Gasteiger partial charge in [0.1, 0.15) is 11.4 Å². The number of aliphatic hydroxyl groups excluding tert-OH is 1. The molecule has 2 bridgehead atoms. The molecule has 0 amide bonds. The van der Waals surface area contributed by atoms with Crippen molar-refractivity contribution in [1.82, 2.24) is 24.6 Å². The molecular formula is C31H39N5O2. The highest BCUT2D eigenvalue weighted by Gasteiger charge is 2.70. The fraction of sp³-hybridized carbons (Fsp3) is 0.581. The monoisotopic (exact) mass is 513 g/mol. The molecule has 2 N–H and O–H groups in total. The largest absolute Gasteiger partial charge is 0.396 e. The molecule has 0 spiro atoms. The Labute approximate surface area is 224 Å². The number of rotatable bonds is 8. The van der Waals surface area contributed by atoms with Gasteiger partial charge in [-0.15, -0.1) is 0 Å². The van der Waals surface area contributed by atoms with Crippen LogP contribution in [0.15, 0.2) is 42.7 Å². The van der Waals surface area contributed by atoms with Crippen LogP contribution in [0, 0.1) is 10.8 Å².